The van der Waals surface area contributed by atoms with Crippen LogP contribution in [0.1, 0.15) is 11.1 Å². The van der Waals surface area contributed by atoms with Crippen molar-refractivity contribution >= 4 is 45.2 Å². The van der Waals surface area contributed by atoms with Crippen LogP contribution >= 0.6 is 27.5 Å². The molecule has 0 spiro atoms. The van der Waals surface area contributed by atoms with E-state index in [9.17, 15) is 10.1 Å². The molecule has 0 radical (unpaired) electrons. The topological polar surface area (TPSA) is 52.9 Å². The van der Waals surface area contributed by atoms with Crippen LogP contribution in [0.2, 0.25) is 5.02 Å². The molecule has 2 aromatic rings. The van der Waals surface area contributed by atoms with Crippen LogP contribution in [0.4, 0.5) is 5.69 Å². The molecule has 0 atom stereocenters. The molecule has 2 rings (SSSR count). The Morgan fingerprint density at radius 2 is 2.09 bits per heavy atom. The summed E-state index contributed by atoms with van der Waals surface area (Å²) in [4.78, 5) is 12.2. The number of nitrogens with zero attached hydrogens (tertiary/aromatic N) is 1. The van der Waals surface area contributed by atoms with Gasteiger partial charge in [0.1, 0.15) is 11.6 Å². The number of benzene rings is 2. The molecule has 0 bridgehead atoms. The number of carbonyl (C=O) groups excluding carboxylic acids is 1. The average molecular weight is 376 g/mol. The van der Waals surface area contributed by atoms with Crippen molar-refractivity contribution in [1.82, 2.24) is 0 Å². The van der Waals surface area contributed by atoms with Gasteiger partial charge in [0.05, 0.1) is 0 Å². The Morgan fingerprint density at radius 3 is 2.73 bits per heavy atom. The Morgan fingerprint density at radius 1 is 1.32 bits per heavy atom. The molecule has 0 aliphatic heterocycles. The van der Waals surface area contributed by atoms with Crippen LogP contribution in [0.3, 0.4) is 0 Å². The highest BCUT2D eigenvalue weighted by Gasteiger charge is 2.11. The van der Waals surface area contributed by atoms with Crippen LogP contribution in [0, 0.1) is 18.3 Å². The summed E-state index contributed by atoms with van der Waals surface area (Å²) in [6, 6.07) is 14.4. The van der Waals surface area contributed by atoms with Gasteiger partial charge in [0.2, 0.25) is 0 Å². The van der Waals surface area contributed by atoms with Crippen molar-refractivity contribution in [2.75, 3.05) is 5.32 Å². The first kappa shape index (κ1) is 16.3. The van der Waals surface area contributed by atoms with E-state index in [1.807, 2.05) is 37.3 Å². The molecule has 0 heterocycles. The van der Waals surface area contributed by atoms with Crippen LogP contribution in [0.15, 0.2) is 52.5 Å². The van der Waals surface area contributed by atoms with Crippen LogP contribution in [-0.4, -0.2) is 5.91 Å². The van der Waals surface area contributed by atoms with Gasteiger partial charge in [0.25, 0.3) is 5.91 Å². The van der Waals surface area contributed by atoms with Crippen LogP contribution < -0.4 is 5.32 Å². The summed E-state index contributed by atoms with van der Waals surface area (Å²) in [7, 11) is 0. The number of carbonyl (C=O) groups is 1. The third-order valence-corrected chi connectivity index (χ3v) is 3.69. The summed E-state index contributed by atoms with van der Waals surface area (Å²) in [5, 5.41) is 12.5. The third kappa shape index (κ3) is 4.20. The van der Waals surface area contributed by atoms with E-state index in [2.05, 4.69) is 21.2 Å². The molecule has 0 aromatic heterocycles. The molecule has 1 N–H and O–H groups in total. The van der Waals surface area contributed by atoms with Crippen LogP contribution in [-0.2, 0) is 4.79 Å². The number of anilines is 1. The van der Waals surface area contributed by atoms with Gasteiger partial charge in [-0.3, -0.25) is 4.79 Å². The number of hydrogen-bond donors (Lipinski definition) is 1. The number of halogens is 2. The molecule has 110 valence electrons. The molecule has 1 amide bonds. The first-order chi connectivity index (χ1) is 10.5. The first-order valence-electron chi connectivity index (χ1n) is 6.44. The summed E-state index contributed by atoms with van der Waals surface area (Å²) < 4.78 is 0.882. The number of amides is 1. The number of hydrogen-bond acceptors (Lipinski definition) is 2. The molecule has 0 saturated carbocycles. The molecule has 22 heavy (non-hydrogen) atoms. The molecule has 5 heteroatoms. The van der Waals surface area contributed by atoms with E-state index in [1.165, 1.54) is 0 Å². The predicted octanol–water partition coefficient (Wildman–Crippen LogP) is 4.96. The zero-order chi connectivity index (χ0) is 16.1. The number of aryl methyl sites for hydroxylation is 1. The summed E-state index contributed by atoms with van der Waals surface area (Å²) >= 11 is 9.24. The fourth-order valence-corrected chi connectivity index (χ4v) is 2.51. The van der Waals surface area contributed by atoms with Crippen molar-refractivity contribution in [2.24, 2.45) is 0 Å². The summed E-state index contributed by atoms with van der Waals surface area (Å²) in [6.07, 6.45) is 1.55. The van der Waals surface area contributed by atoms with E-state index in [0.717, 1.165) is 15.6 Å². The highest BCUT2D eigenvalue weighted by molar-refractivity contribution is 9.10. The monoisotopic (exact) mass is 374 g/mol. The highest BCUT2D eigenvalue weighted by Crippen LogP contribution is 2.21. The van der Waals surface area contributed by atoms with Crippen molar-refractivity contribution in [3.8, 4) is 6.07 Å². The second-order valence-corrected chi connectivity index (χ2v) is 5.99. The quantitative estimate of drug-likeness (QED) is 0.609. The van der Waals surface area contributed by atoms with Gasteiger partial charge in [-0.2, -0.15) is 5.26 Å². The SMILES string of the molecule is Cc1cc(Cl)ccc1NC(=O)/C(C#N)=C/c1cccc(Br)c1. The Balaban J connectivity index is 2.24. The minimum absolute atomic E-state index is 0.0347. The highest BCUT2D eigenvalue weighted by atomic mass is 79.9. The number of rotatable bonds is 3. The van der Waals surface area contributed by atoms with Crippen molar-refractivity contribution in [1.29, 1.82) is 5.26 Å². The first-order valence-corrected chi connectivity index (χ1v) is 7.61. The lowest BCUT2D eigenvalue weighted by molar-refractivity contribution is -0.112. The lowest BCUT2D eigenvalue weighted by Gasteiger charge is -2.08. The maximum Gasteiger partial charge on any atom is 0.266 e. The van der Waals surface area contributed by atoms with E-state index in [-0.39, 0.29) is 5.57 Å². The summed E-state index contributed by atoms with van der Waals surface area (Å²) in [6.45, 7) is 1.84. The minimum atomic E-state index is -0.451. The van der Waals surface area contributed by atoms with Crippen molar-refractivity contribution in [3.63, 3.8) is 0 Å². The Kier molecular flexibility index (Phi) is 5.37. The van der Waals surface area contributed by atoms with Gasteiger partial charge in [-0.15, -0.1) is 0 Å². The second-order valence-electron chi connectivity index (χ2n) is 4.64. The van der Waals surface area contributed by atoms with Crippen molar-refractivity contribution in [2.45, 2.75) is 6.92 Å². The van der Waals surface area contributed by atoms with Crippen molar-refractivity contribution < 1.29 is 4.79 Å². The van der Waals surface area contributed by atoms with Gasteiger partial charge >= 0.3 is 0 Å². The normalized spacial score (nSPS) is 10.9. The van der Waals surface area contributed by atoms with Crippen LogP contribution in [0.5, 0.6) is 0 Å². The molecule has 3 nitrogen and oxygen atoms in total. The van der Waals surface area contributed by atoms with Gasteiger partial charge in [-0.1, -0.05) is 39.7 Å². The maximum absolute atomic E-state index is 12.2. The van der Waals surface area contributed by atoms with E-state index < -0.39 is 5.91 Å². The molecule has 0 fully saturated rings. The molecular formula is C17H12BrClN2O. The zero-order valence-corrected chi connectivity index (χ0v) is 14.1. The largest absolute Gasteiger partial charge is 0.321 e. The molecule has 0 saturated heterocycles. The Bertz CT molecular complexity index is 793. The minimum Gasteiger partial charge on any atom is -0.321 e. The molecular weight excluding hydrogens is 364 g/mol. The standard InChI is InChI=1S/C17H12BrClN2O/c1-11-7-15(19)5-6-16(11)21-17(22)13(10-20)8-12-3-2-4-14(18)9-12/h2-9H,1H3,(H,21,22)/b13-8+. The molecule has 0 unspecified atom stereocenters. The fraction of sp³-hybridized carbons (Fsp3) is 0.0588. The average Bonchev–Trinajstić information content (AvgIpc) is 2.47. The number of nitriles is 1. The fourth-order valence-electron chi connectivity index (χ4n) is 1.87. The van der Waals surface area contributed by atoms with E-state index in [4.69, 9.17) is 11.6 Å². The lowest BCUT2D eigenvalue weighted by Crippen LogP contribution is -2.14. The van der Waals surface area contributed by atoms with Crippen molar-refractivity contribution in [3.05, 3.63) is 68.7 Å². The van der Waals surface area contributed by atoms with Gasteiger partial charge in [0.15, 0.2) is 0 Å². The zero-order valence-electron chi connectivity index (χ0n) is 11.7. The maximum atomic E-state index is 12.2. The Hall–Kier alpha value is -2.09. The van der Waals surface area contributed by atoms with E-state index >= 15 is 0 Å². The Labute approximate surface area is 142 Å². The van der Waals surface area contributed by atoms with Gasteiger partial charge < -0.3 is 5.32 Å². The molecule has 0 aliphatic rings. The predicted molar refractivity (Wildman–Crippen MR) is 92.6 cm³/mol. The van der Waals surface area contributed by atoms with Gasteiger partial charge in [-0.05, 0) is 54.5 Å². The van der Waals surface area contributed by atoms with E-state index in [0.29, 0.717) is 10.7 Å². The molecule has 2 aromatic carbocycles. The third-order valence-electron chi connectivity index (χ3n) is 2.96. The van der Waals surface area contributed by atoms with Crippen LogP contribution in [0.25, 0.3) is 6.08 Å². The van der Waals surface area contributed by atoms with E-state index in [1.54, 1.807) is 24.3 Å². The second kappa shape index (κ2) is 7.26. The molecule has 0 aliphatic carbocycles. The lowest BCUT2D eigenvalue weighted by atomic mass is 10.1. The summed E-state index contributed by atoms with van der Waals surface area (Å²) in [5.41, 5.74) is 2.27. The van der Waals surface area contributed by atoms with Gasteiger partial charge in [0, 0.05) is 15.2 Å². The smallest absolute Gasteiger partial charge is 0.266 e. The number of nitrogens with one attached hydrogen (secondary N) is 1. The summed E-state index contributed by atoms with van der Waals surface area (Å²) in [5.74, 6) is -0.451. The van der Waals surface area contributed by atoms with Gasteiger partial charge in [-0.25, -0.2) is 0 Å².